The Morgan fingerprint density at radius 3 is 2.79 bits per heavy atom. The Bertz CT molecular complexity index is 652. The van der Waals surface area contributed by atoms with E-state index in [1.54, 1.807) is 6.92 Å². The summed E-state index contributed by atoms with van der Waals surface area (Å²) in [6.45, 7) is 2.04. The largest absolute Gasteiger partial charge is 0.481 e. The van der Waals surface area contributed by atoms with Gasteiger partial charge in [0.05, 0.1) is 12.6 Å². The molecule has 1 aliphatic rings. The molecule has 1 amide bonds. The fraction of sp³-hybridized carbons (Fsp3) is 0.529. The van der Waals surface area contributed by atoms with Gasteiger partial charge < -0.3 is 10.1 Å². The maximum Gasteiger partial charge on any atom is 0.261 e. The Hall–Kier alpha value is -2.44. The van der Waals surface area contributed by atoms with Gasteiger partial charge in [-0.25, -0.2) is 4.68 Å². The summed E-state index contributed by atoms with van der Waals surface area (Å²) in [4.78, 5) is 12.2. The van der Waals surface area contributed by atoms with Crippen LogP contribution in [0.5, 0.6) is 5.75 Å². The fourth-order valence-corrected chi connectivity index (χ4v) is 3.00. The number of nitrogens with zero attached hydrogens (tertiary/aromatic N) is 4. The SMILES string of the molecule is C[C@@H](Oc1ccccc1)C(=O)NCc1nnnn1C1CCCCC1. The van der Waals surface area contributed by atoms with Crippen LogP contribution in [-0.2, 0) is 11.3 Å². The van der Waals surface area contributed by atoms with Crippen molar-refractivity contribution in [2.45, 2.75) is 57.7 Å². The number of carbonyl (C=O) groups is 1. The molecule has 1 aliphatic carbocycles. The number of rotatable bonds is 6. The van der Waals surface area contributed by atoms with E-state index in [2.05, 4.69) is 20.8 Å². The van der Waals surface area contributed by atoms with Crippen LogP contribution in [0.1, 0.15) is 50.9 Å². The molecule has 1 heterocycles. The maximum absolute atomic E-state index is 12.2. The van der Waals surface area contributed by atoms with Crippen molar-refractivity contribution in [3.63, 3.8) is 0 Å². The number of tetrazole rings is 1. The van der Waals surface area contributed by atoms with Crippen LogP contribution in [0, 0.1) is 0 Å². The number of nitrogens with one attached hydrogen (secondary N) is 1. The van der Waals surface area contributed by atoms with Gasteiger partial charge in [0.2, 0.25) is 0 Å². The molecule has 3 rings (SSSR count). The molecule has 0 unspecified atom stereocenters. The highest BCUT2D eigenvalue weighted by Gasteiger charge is 2.21. The van der Waals surface area contributed by atoms with E-state index >= 15 is 0 Å². The standard InChI is InChI=1S/C17H23N5O2/c1-13(24-15-10-6-3-7-11-15)17(23)18-12-16-19-20-21-22(16)14-8-4-2-5-9-14/h3,6-7,10-11,13-14H,2,4-5,8-9,12H2,1H3,(H,18,23)/t13-/m1/s1. The van der Waals surface area contributed by atoms with Crippen LogP contribution in [0.3, 0.4) is 0 Å². The lowest BCUT2D eigenvalue weighted by molar-refractivity contribution is -0.127. The predicted octanol–water partition coefficient (Wildman–Crippen LogP) is 2.26. The highest BCUT2D eigenvalue weighted by molar-refractivity contribution is 5.80. The lowest BCUT2D eigenvalue weighted by Crippen LogP contribution is -2.36. The second kappa shape index (κ2) is 7.90. The first kappa shape index (κ1) is 16.4. The Morgan fingerprint density at radius 2 is 2.04 bits per heavy atom. The van der Waals surface area contributed by atoms with Gasteiger partial charge in [0.1, 0.15) is 5.75 Å². The van der Waals surface area contributed by atoms with E-state index in [-0.39, 0.29) is 5.91 Å². The molecule has 1 saturated carbocycles. The number of ether oxygens (including phenoxy) is 1. The van der Waals surface area contributed by atoms with Gasteiger partial charge in [-0.2, -0.15) is 0 Å². The first-order valence-corrected chi connectivity index (χ1v) is 8.50. The van der Waals surface area contributed by atoms with E-state index < -0.39 is 6.10 Å². The van der Waals surface area contributed by atoms with E-state index in [0.717, 1.165) is 12.8 Å². The van der Waals surface area contributed by atoms with Crippen molar-refractivity contribution < 1.29 is 9.53 Å². The Morgan fingerprint density at radius 1 is 1.29 bits per heavy atom. The summed E-state index contributed by atoms with van der Waals surface area (Å²) in [5.74, 6) is 1.19. The maximum atomic E-state index is 12.2. The summed E-state index contributed by atoms with van der Waals surface area (Å²) < 4.78 is 7.49. The molecular weight excluding hydrogens is 306 g/mol. The highest BCUT2D eigenvalue weighted by atomic mass is 16.5. The van der Waals surface area contributed by atoms with E-state index in [1.807, 2.05) is 35.0 Å². The summed E-state index contributed by atoms with van der Waals surface area (Å²) in [6.07, 6.45) is 5.31. The average molecular weight is 329 g/mol. The molecule has 1 fully saturated rings. The van der Waals surface area contributed by atoms with Crippen molar-refractivity contribution in [3.05, 3.63) is 36.2 Å². The number of hydrogen-bond acceptors (Lipinski definition) is 5. The Kier molecular flexibility index (Phi) is 5.40. The van der Waals surface area contributed by atoms with Crippen LogP contribution in [0.15, 0.2) is 30.3 Å². The second-order valence-corrected chi connectivity index (χ2v) is 6.12. The van der Waals surface area contributed by atoms with Crippen molar-refractivity contribution in [2.24, 2.45) is 0 Å². The van der Waals surface area contributed by atoms with Crippen molar-refractivity contribution in [2.75, 3.05) is 0 Å². The molecule has 0 aliphatic heterocycles. The summed E-state index contributed by atoms with van der Waals surface area (Å²) in [7, 11) is 0. The van der Waals surface area contributed by atoms with E-state index in [1.165, 1.54) is 19.3 Å². The number of benzene rings is 1. The van der Waals surface area contributed by atoms with Crippen LogP contribution in [0.4, 0.5) is 0 Å². The number of amides is 1. The van der Waals surface area contributed by atoms with Gasteiger partial charge in [-0.15, -0.1) is 5.10 Å². The van der Waals surface area contributed by atoms with Gasteiger partial charge in [-0.1, -0.05) is 37.5 Å². The van der Waals surface area contributed by atoms with E-state index in [4.69, 9.17) is 4.74 Å². The van der Waals surface area contributed by atoms with Gasteiger partial charge in [-0.3, -0.25) is 4.79 Å². The van der Waals surface area contributed by atoms with Crippen molar-refractivity contribution in [1.82, 2.24) is 25.5 Å². The molecule has 2 aromatic rings. The van der Waals surface area contributed by atoms with Crippen molar-refractivity contribution >= 4 is 5.91 Å². The average Bonchev–Trinajstić information content (AvgIpc) is 3.10. The van der Waals surface area contributed by atoms with Crippen LogP contribution in [-0.4, -0.2) is 32.2 Å². The topological polar surface area (TPSA) is 81.9 Å². The molecule has 24 heavy (non-hydrogen) atoms. The molecule has 0 spiro atoms. The number of hydrogen-bond donors (Lipinski definition) is 1. The third-order valence-corrected chi connectivity index (χ3v) is 4.33. The van der Waals surface area contributed by atoms with Gasteiger partial charge in [-0.05, 0) is 42.3 Å². The summed E-state index contributed by atoms with van der Waals surface area (Å²) in [6, 6.07) is 9.65. The molecule has 1 aromatic carbocycles. The Balaban J connectivity index is 1.54. The molecule has 7 nitrogen and oxygen atoms in total. The first-order valence-electron chi connectivity index (χ1n) is 8.50. The van der Waals surface area contributed by atoms with Gasteiger partial charge >= 0.3 is 0 Å². The third kappa shape index (κ3) is 4.10. The smallest absolute Gasteiger partial charge is 0.261 e. The lowest BCUT2D eigenvalue weighted by Gasteiger charge is -2.22. The van der Waals surface area contributed by atoms with Gasteiger partial charge in [0.25, 0.3) is 5.91 Å². The minimum Gasteiger partial charge on any atom is -0.481 e. The van der Waals surface area contributed by atoms with Gasteiger partial charge in [0.15, 0.2) is 11.9 Å². The molecular formula is C17H23N5O2. The Labute approximate surface area is 141 Å². The van der Waals surface area contributed by atoms with Crippen LogP contribution in [0.2, 0.25) is 0 Å². The zero-order valence-electron chi connectivity index (χ0n) is 13.9. The molecule has 0 bridgehead atoms. The molecule has 7 heteroatoms. The van der Waals surface area contributed by atoms with Crippen LogP contribution < -0.4 is 10.1 Å². The van der Waals surface area contributed by atoms with Crippen LogP contribution >= 0.6 is 0 Å². The van der Waals surface area contributed by atoms with E-state index in [0.29, 0.717) is 24.2 Å². The van der Waals surface area contributed by atoms with E-state index in [9.17, 15) is 4.79 Å². The zero-order chi connectivity index (χ0) is 16.8. The molecule has 0 saturated heterocycles. The first-order chi connectivity index (χ1) is 11.7. The molecule has 1 atom stereocenters. The molecule has 1 aromatic heterocycles. The lowest BCUT2D eigenvalue weighted by atomic mass is 9.95. The van der Waals surface area contributed by atoms with Crippen LogP contribution in [0.25, 0.3) is 0 Å². The summed E-state index contributed by atoms with van der Waals surface area (Å²) >= 11 is 0. The monoisotopic (exact) mass is 329 g/mol. The fourth-order valence-electron chi connectivity index (χ4n) is 3.00. The number of aromatic nitrogens is 4. The number of para-hydroxylation sites is 1. The highest BCUT2D eigenvalue weighted by Crippen LogP contribution is 2.27. The molecule has 0 radical (unpaired) electrons. The zero-order valence-corrected chi connectivity index (χ0v) is 13.9. The summed E-state index contributed by atoms with van der Waals surface area (Å²) in [5, 5.41) is 14.8. The minimum absolute atomic E-state index is 0.183. The molecule has 128 valence electrons. The minimum atomic E-state index is -0.577. The number of carbonyl (C=O) groups excluding carboxylic acids is 1. The normalized spacial score (nSPS) is 16.5. The third-order valence-electron chi connectivity index (χ3n) is 4.33. The predicted molar refractivity (Wildman–Crippen MR) is 88.3 cm³/mol. The second-order valence-electron chi connectivity index (χ2n) is 6.12. The molecule has 1 N–H and O–H groups in total. The van der Waals surface area contributed by atoms with Gasteiger partial charge in [0, 0.05) is 0 Å². The van der Waals surface area contributed by atoms with Crippen molar-refractivity contribution in [1.29, 1.82) is 0 Å². The summed E-state index contributed by atoms with van der Waals surface area (Å²) in [5.41, 5.74) is 0. The van der Waals surface area contributed by atoms with Crippen molar-refractivity contribution in [3.8, 4) is 5.75 Å². The quantitative estimate of drug-likeness (QED) is 0.879.